The molecule has 4 rings (SSSR count). The van der Waals surface area contributed by atoms with E-state index >= 15 is 0 Å². The smallest absolute Gasteiger partial charge is 0.338 e. The van der Waals surface area contributed by atoms with Gasteiger partial charge in [-0.15, -0.1) is 0 Å². The minimum atomic E-state index is -0.577. The molecule has 0 fully saturated rings. The highest BCUT2D eigenvalue weighted by Gasteiger charge is 2.18. The van der Waals surface area contributed by atoms with E-state index < -0.39 is 5.97 Å². The third kappa shape index (κ3) is 4.38. The van der Waals surface area contributed by atoms with Gasteiger partial charge in [-0.25, -0.2) is 4.79 Å². The largest absolute Gasteiger partial charge is 0.489 e. The molecular weight excluding hydrogens is 372 g/mol. The predicted octanol–water partition coefficient (Wildman–Crippen LogP) is 4.03. The molecule has 1 aliphatic heterocycles. The normalized spacial score (nSPS) is 11.7. The molecule has 3 aromatic rings. The Kier molecular flexibility index (Phi) is 5.42. The minimum absolute atomic E-state index is 0.129. The van der Waals surface area contributed by atoms with Gasteiger partial charge in [-0.3, -0.25) is 4.79 Å². The average Bonchev–Trinajstić information content (AvgIpc) is 3.24. The number of hydrogen-bond acceptors (Lipinski definition) is 6. The van der Waals surface area contributed by atoms with Crippen LogP contribution in [-0.2, 0) is 11.3 Å². The van der Waals surface area contributed by atoms with Gasteiger partial charge in [0.2, 0.25) is 6.79 Å². The van der Waals surface area contributed by atoms with Crippen LogP contribution < -0.4 is 14.2 Å². The Hall–Kier alpha value is -3.80. The lowest BCUT2D eigenvalue weighted by Crippen LogP contribution is -2.16. The number of hydrogen-bond donors (Lipinski definition) is 0. The number of ketones is 1. The Balaban J connectivity index is 1.39. The first-order chi connectivity index (χ1) is 14.2. The van der Waals surface area contributed by atoms with Gasteiger partial charge in [0.15, 0.2) is 23.9 Å². The lowest BCUT2D eigenvalue weighted by Gasteiger charge is -2.11. The number of Topliss-reactive ketones (excluding diaryl/α,β-unsaturated/α-hetero) is 1. The summed E-state index contributed by atoms with van der Waals surface area (Å²) in [5, 5.41) is 0. The van der Waals surface area contributed by atoms with Crippen molar-refractivity contribution in [2.24, 2.45) is 0 Å². The van der Waals surface area contributed by atoms with Crippen LogP contribution in [-0.4, -0.2) is 25.2 Å². The standard InChI is InChI=1S/C23H18O6/c24-20(16-10-11-21-22(12-16)29-15-28-21)14-27-23(25)19-9-5-4-6-17(19)13-26-18-7-2-1-3-8-18/h1-12H,13-15H2. The zero-order chi connectivity index (χ0) is 20.1. The van der Waals surface area contributed by atoms with Gasteiger partial charge in [0.05, 0.1) is 5.56 Å². The highest BCUT2D eigenvalue weighted by atomic mass is 16.7. The molecule has 0 bridgehead atoms. The molecule has 0 radical (unpaired) electrons. The van der Waals surface area contributed by atoms with Gasteiger partial charge < -0.3 is 18.9 Å². The summed E-state index contributed by atoms with van der Waals surface area (Å²) in [6.45, 7) is -0.0262. The number of carbonyl (C=O) groups is 2. The summed E-state index contributed by atoms with van der Waals surface area (Å²) in [6, 6.07) is 21.2. The molecule has 0 aliphatic carbocycles. The fourth-order valence-electron chi connectivity index (χ4n) is 2.89. The van der Waals surface area contributed by atoms with Crippen LogP contribution in [0.15, 0.2) is 72.8 Å². The predicted molar refractivity (Wildman–Crippen MR) is 104 cm³/mol. The molecule has 0 saturated heterocycles. The summed E-state index contributed by atoms with van der Waals surface area (Å²) >= 11 is 0. The molecule has 1 heterocycles. The number of benzene rings is 3. The van der Waals surface area contributed by atoms with Crippen LogP contribution in [0.5, 0.6) is 17.2 Å². The van der Waals surface area contributed by atoms with Gasteiger partial charge in [-0.05, 0) is 36.4 Å². The maximum atomic E-state index is 12.5. The molecule has 29 heavy (non-hydrogen) atoms. The Bertz CT molecular complexity index is 1030. The number of para-hydroxylation sites is 1. The first-order valence-electron chi connectivity index (χ1n) is 9.06. The second-order valence-corrected chi connectivity index (χ2v) is 6.33. The number of esters is 1. The van der Waals surface area contributed by atoms with Gasteiger partial charge in [0, 0.05) is 11.1 Å². The fourth-order valence-corrected chi connectivity index (χ4v) is 2.89. The zero-order valence-corrected chi connectivity index (χ0v) is 15.5. The van der Waals surface area contributed by atoms with Crippen molar-refractivity contribution in [1.82, 2.24) is 0 Å². The SMILES string of the molecule is O=C(COC(=O)c1ccccc1COc1ccccc1)c1ccc2c(c1)OCO2. The lowest BCUT2D eigenvalue weighted by molar-refractivity contribution is 0.0472. The van der Waals surface area contributed by atoms with Crippen molar-refractivity contribution in [3.8, 4) is 17.2 Å². The monoisotopic (exact) mass is 390 g/mol. The molecule has 0 spiro atoms. The molecule has 6 heteroatoms. The maximum Gasteiger partial charge on any atom is 0.338 e. The van der Waals surface area contributed by atoms with Crippen molar-refractivity contribution in [2.75, 3.05) is 13.4 Å². The van der Waals surface area contributed by atoms with Crippen LogP contribution in [0.1, 0.15) is 26.3 Å². The van der Waals surface area contributed by atoms with E-state index in [0.717, 1.165) is 0 Å². The molecular formula is C23H18O6. The summed E-state index contributed by atoms with van der Waals surface area (Å²) in [5.41, 5.74) is 1.43. The van der Waals surface area contributed by atoms with Gasteiger partial charge in [0.25, 0.3) is 0 Å². The van der Waals surface area contributed by atoms with Crippen LogP contribution in [0.3, 0.4) is 0 Å². The van der Waals surface area contributed by atoms with E-state index in [1.807, 2.05) is 36.4 Å². The summed E-state index contributed by atoms with van der Waals surface area (Å²) in [6.07, 6.45) is 0. The van der Waals surface area contributed by atoms with Gasteiger partial charge in [-0.1, -0.05) is 36.4 Å². The van der Waals surface area contributed by atoms with Crippen molar-refractivity contribution in [3.63, 3.8) is 0 Å². The quantitative estimate of drug-likeness (QED) is 0.448. The summed E-state index contributed by atoms with van der Waals surface area (Å²) in [4.78, 5) is 24.9. The highest BCUT2D eigenvalue weighted by Crippen LogP contribution is 2.32. The lowest BCUT2D eigenvalue weighted by atomic mass is 10.1. The van der Waals surface area contributed by atoms with E-state index in [1.54, 1.807) is 36.4 Å². The van der Waals surface area contributed by atoms with E-state index in [4.69, 9.17) is 18.9 Å². The Labute approximate surface area is 167 Å². The second-order valence-electron chi connectivity index (χ2n) is 6.33. The molecule has 1 aliphatic rings. The van der Waals surface area contributed by atoms with E-state index in [2.05, 4.69) is 0 Å². The highest BCUT2D eigenvalue weighted by molar-refractivity contribution is 6.00. The first kappa shape index (κ1) is 18.6. The average molecular weight is 390 g/mol. The summed E-state index contributed by atoms with van der Waals surface area (Å²) < 4.78 is 21.5. The molecule has 146 valence electrons. The van der Waals surface area contributed by atoms with Crippen molar-refractivity contribution in [3.05, 3.63) is 89.5 Å². The van der Waals surface area contributed by atoms with E-state index in [1.165, 1.54) is 0 Å². The zero-order valence-electron chi connectivity index (χ0n) is 15.5. The Morgan fingerprint density at radius 3 is 2.48 bits per heavy atom. The first-order valence-corrected chi connectivity index (χ1v) is 9.06. The van der Waals surface area contributed by atoms with Crippen LogP contribution in [0, 0.1) is 0 Å². The molecule has 0 aromatic heterocycles. The van der Waals surface area contributed by atoms with Crippen molar-refractivity contribution in [1.29, 1.82) is 0 Å². The van der Waals surface area contributed by atoms with Crippen LogP contribution in [0.4, 0.5) is 0 Å². The maximum absolute atomic E-state index is 12.5. The van der Waals surface area contributed by atoms with Crippen LogP contribution in [0.2, 0.25) is 0 Å². The van der Waals surface area contributed by atoms with E-state index in [-0.39, 0.29) is 25.8 Å². The van der Waals surface area contributed by atoms with Crippen molar-refractivity contribution < 1.29 is 28.5 Å². The summed E-state index contributed by atoms with van der Waals surface area (Å²) in [7, 11) is 0. The van der Waals surface area contributed by atoms with Crippen molar-refractivity contribution in [2.45, 2.75) is 6.61 Å². The molecule has 6 nitrogen and oxygen atoms in total. The van der Waals surface area contributed by atoms with Gasteiger partial charge in [-0.2, -0.15) is 0 Å². The second kappa shape index (κ2) is 8.48. The minimum Gasteiger partial charge on any atom is -0.489 e. The molecule has 0 atom stereocenters. The topological polar surface area (TPSA) is 71.1 Å². The number of fused-ring (bicyclic) bond motifs is 1. The molecule has 3 aromatic carbocycles. The number of ether oxygens (including phenoxy) is 4. The van der Waals surface area contributed by atoms with Gasteiger partial charge >= 0.3 is 5.97 Å². The fraction of sp³-hybridized carbons (Fsp3) is 0.130. The van der Waals surface area contributed by atoms with Crippen molar-refractivity contribution >= 4 is 11.8 Å². The number of rotatable bonds is 7. The summed E-state index contributed by atoms with van der Waals surface area (Å²) in [5.74, 6) is 0.895. The van der Waals surface area contributed by atoms with E-state index in [9.17, 15) is 9.59 Å². The Morgan fingerprint density at radius 1 is 0.862 bits per heavy atom. The van der Waals surface area contributed by atoms with Crippen LogP contribution >= 0.6 is 0 Å². The molecule has 0 unspecified atom stereocenters. The number of carbonyl (C=O) groups excluding carboxylic acids is 2. The van der Waals surface area contributed by atoms with E-state index in [0.29, 0.717) is 33.9 Å². The molecule has 0 amide bonds. The molecule has 0 N–H and O–H groups in total. The third-order valence-electron chi connectivity index (χ3n) is 4.40. The van der Waals surface area contributed by atoms with Crippen LogP contribution in [0.25, 0.3) is 0 Å². The molecule has 0 saturated carbocycles. The van der Waals surface area contributed by atoms with Gasteiger partial charge in [0.1, 0.15) is 12.4 Å². The third-order valence-corrected chi connectivity index (χ3v) is 4.40. The Morgan fingerprint density at radius 2 is 1.62 bits per heavy atom.